The van der Waals surface area contributed by atoms with Crippen LogP contribution in [0.25, 0.3) is 11.3 Å². The van der Waals surface area contributed by atoms with Gasteiger partial charge in [0.05, 0.1) is 43.8 Å². The summed E-state index contributed by atoms with van der Waals surface area (Å²) < 4.78 is 13.1. The van der Waals surface area contributed by atoms with Gasteiger partial charge in [0.15, 0.2) is 0 Å². The lowest BCUT2D eigenvalue weighted by atomic mass is 10.1. The Kier molecular flexibility index (Phi) is 6.32. The third kappa shape index (κ3) is 4.82. The fraction of sp³-hybridized carbons (Fsp3) is 0.364. The largest absolute Gasteiger partial charge is 0.489 e. The summed E-state index contributed by atoms with van der Waals surface area (Å²) in [6.45, 7) is 1.88. The zero-order valence-electron chi connectivity index (χ0n) is 16.6. The number of hydrogen-bond donors (Lipinski definition) is 1. The Morgan fingerprint density at radius 3 is 2.93 bits per heavy atom. The third-order valence-corrected chi connectivity index (χ3v) is 4.94. The molecule has 0 atom stereocenters. The highest BCUT2D eigenvalue weighted by atomic mass is 16.5. The van der Waals surface area contributed by atoms with Gasteiger partial charge in [-0.25, -0.2) is 9.97 Å². The molecule has 4 rings (SSSR count). The van der Waals surface area contributed by atoms with Gasteiger partial charge in [-0.2, -0.15) is 10.4 Å². The van der Waals surface area contributed by atoms with Crippen LogP contribution in [0, 0.1) is 11.3 Å². The van der Waals surface area contributed by atoms with E-state index in [0.29, 0.717) is 43.3 Å². The monoisotopic (exact) mass is 405 g/mol. The Morgan fingerprint density at radius 1 is 1.27 bits per heavy atom. The number of aromatic nitrogens is 4. The molecule has 8 heteroatoms. The normalized spacial score (nSPS) is 14.4. The van der Waals surface area contributed by atoms with Crippen molar-refractivity contribution in [3.05, 3.63) is 59.8 Å². The highest BCUT2D eigenvalue weighted by Gasteiger charge is 2.17. The molecular formula is C22H23N5O3. The molecule has 1 saturated heterocycles. The lowest BCUT2D eigenvalue weighted by molar-refractivity contribution is 0.0254. The lowest BCUT2D eigenvalue weighted by Crippen LogP contribution is -2.26. The van der Waals surface area contributed by atoms with Crippen LogP contribution in [0.4, 0.5) is 0 Å². The van der Waals surface area contributed by atoms with E-state index in [4.69, 9.17) is 14.6 Å². The highest BCUT2D eigenvalue weighted by molar-refractivity contribution is 5.64. The Labute approximate surface area is 174 Å². The fourth-order valence-corrected chi connectivity index (χ4v) is 3.40. The first-order valence-electron chi connectivity index (χ1n) is 9.98. The number of aliphatic hydroxyl groups excluding tert-OH is 1. The van der Waals surface area contributed by atoms with Crippen LogP contribution in [0.3, 0.4) is 0 Å². The maximum Gasteiger partial charge on any atom is 0.137 e. The summed E-state index contributed by atoms with van der Waals surface area (Å²) in [7, 11) is 0. The molecule has 1 aliphatic rings. The molecule has 154 valence electrons. The van der Waals surface area contributed by atoms with Crippen LogP contribution < -0.4 is 4.74 Å². The minimum Gasteiger partial charge on any atom is -0.489 e. The Balaban J connectivity index is 1.51. The quantitative estimate of drug-likeness (QED) is 0.643. The average molecular weight is 405 g/mol. The van der Waals surface area contributed by atoms with E-state index in [9.17, 15) is 5.26 Å². The van der Waals surface area contributed by atoms with Gasteiger partial charge in [-0.05, 0) is 29.8 Å². The molecule has 1 N–H and O–H groups in total. The van der Waals surface area contributed by atoms with Crippen LogP contribution in [-0.2, 0) is 17.7 Å². The van der Waals surface area contributed by atoms with Crippen molar-refractivity contribution in [1.82, 2.24) is 19.7 Å². The van der Waals surface area contributed by atoms with E-state index in [-0.39, 0.29) is 12.7 Å². The van der Waals surface area contributed by atoms with Crippen LogP contribution in [0.2, 0.25) is 0 Å². The minimum absolute atomic E-state index is 0.0442. The van der Waals surface area contributed by atoms with Gasteiger partial charge >= 0.3 is 0 Å². The first-order valence-corrected chi connectivity index (χ1v) is 9.98. The number of nitriles is 1. The molecule has 2 aromatic heterocycles. The predicted molar refractivity (Wildman–Crippen MR) is 109 cm³/mol. The maximum atomic E-state index is 9.60. The molecular weight excluding hydrogens is 382 g/mol. The Bertz CT molecular complexity index is 1040. The predicted octanol–water partition coefficient (Wildman–Crippen LogP) is 2.35. The molecule has 0 spiro atoms. The van der Waals surface area contributed by atoms with Crippen LogP contribution in [0.15, 0.2) is 42.9 Å². The zero-order valence-corrected chi connectivity index (χ0v) is 16.6. The van der Waals surface area contributed by atoms with E-state index in [1.54, 1.807) is 23.1 Å². The number of nitrogens with zero attached hydrogens (tertiary/aromatic N) is 5. The summed E-state index contributed by atoms with van der Waals surface area (Å²) in [5, 5.41) is 22.8. The second kappa shape index (κ2) is 9.48. The van der Waals surface area contributed by atoms with Crippen molar-refractivity contribution < 1.29 is 14.6 Å². The zero-order chi connectivity index (χ0) is 20.8. The van der Waals surface area contributed by atoms with Crippen molar-refractivity contribution in [2.75, 3.05) is 19.8 Å². The molecule has 0 aliphatic carbocycles. The van der Waals surface area contributed by atoms with E-state index < -0.39 is 0 Å². The van der Waals surface area contributed by atoms with Gasteiger partial charge in [0.25, 0.3) is 0 Å². The molecule has 8 nitrogen and oxygen atoms in total. The van der Waals surface area contributed by atoms with Crippen LogP contribution >= 0.6 is 0 Å². The van der Waals surface area contributed by atoms with Crippen LogP contribution in [-0.4, -0.2) is 50.8 Å². The number of hydrogen-bond acceptors (Lipinski definition) is 7. The average Bonchev–Trinajstić information content (AvgIpc) is 3.22. The van der Waals surface area contributed by atoms with Crippen molar-refractivity contribution in [1.29, 1.82) is 5.26 Å². The molecule has 0 saturated carbocycles. The summed E-state index contributed by atoms with van der Waals surface area (Å²) >= 11 is 0. The molecule has 0 amide bonds. The van der Waals surface area contributed by atoms with E-state index in [0.717, 1.165) is 29.7 Å². The van der Waals surface area contributed by atoms with Gasteiger partial charge in [-0.3, -0.25) is 4.68 Å². The minimum atomic E-state index is 0.0442. The third-order valence-electron chi connectivity index (χ3n) is 4.94. The van der Waals surface area contributed by atoms with Gasteiger partial charge in [0, 0.05) is 37.2 Å². The summed E-state index contributed by atoms with van der Waals surface area (Å²) in [5.74, 6) is 1.26. The number of ether oxygens (including phenoxy) is 2. The Hall–Kier alpha value is -3.28. The van der Waals surface area contributed by atoms with Gasteiger partial charge in [0.2, 0.25) is 0 Å². The number of rotatable bonds is 7. The van der Waals surface area contributed by atoms with Gasteiger partial charge in [-0.1, -0.05) is 0 Å². The highest BCUT2D eigenvalue weighted by Crippen LogP contribution is 2.27. The van der Waals surface area contributed by atoms with Crippen molar-refractivity contribution in [3.63, 3.8) is 0 Å². The SMILES string of the molecule is N#Cc1cc(-c2ccnc(Cc3cnn(CCO)c3)n2)ccc1OC1CCOCC1. The summed E-state index contributed by atoms with van der Waals surface area (Å²) in [6, 6.07) is 9.62. The smallest absolute Gasteiger partial charge is 0.137 e. The van der Waals surface area contributed by atoms with Crippen molar-refractivity contribution >= 4 is 0 Å². The molecule has 3 aromatic rings. The maximum absolute atomic E-state index is 9.60. The van der Waals surface area contributed by atoms with E-state index in [1.165, 1.54) is 0 Å². The standard InChI is InChI=1S/C22H23N5O3/c23-13-18-12-17(1-2-21(18)30-19-4-9-29-10-5-19)20-3-6-24-22(26-20)11-16-14-25-27(15-16)7-8-28/h1-3,6,12,14-15,19,28H,4-5,7-11H2. The van der Waals surface area contributed by atoms with Crippen molar-refractivity contribution in [3.8, 4) is 23.1 Å². The second-order valence-electron chi connectivity index (χ2n) is 7.12. The second-order valence-corrected chi connectivity index (χ2v) is 7.12. The molecule has 30 heavy (non-hydrogen) atoms. The van der Waals surface area contributed by atoms with Crippen LogP contribution in [0.1, 0.15) is 29.8 Å². The molecule has 0 bridgehead atoms. The molecule has 1 aliphatic heterocycles. The van der Waals surface area contributed by atoms with Gasteiger partial charge in [-0.15, -0.1) is 0 Å². The van der Waals surface area contributed by atoms with E-state index >= 15 is 0 Å². The number of aliphatic hydroxyl groups is 1. The Morgan fingerprint density at radius 2 is 2.13 bits per heavy atom. The molecule has 1 aromatic carbocycles. The van der Waals surface area contributed by atoms with E-state index in [2.05, 4.69) is 21.1 Å². The first-order chi connectivity index (χ1) is 14.7. The topological polar surface area (TPSA) is 106 Å². The summed E-state index contributed by atoms with van der Waals surface area (Å²) in [4.78, 5) is 9.00. The number of benzene rings is 1. The van der Waals surface area contributed by atoms with Crippen LogP contribution in [0.5, 0.6) is 5.75 Å². The van der Waals surface area contributed by atoms with Gasteiger partial charge in [0.1, 0.15) is 23.7 Å². The lowest BCUT2D eigenvalue weighted by Gasteiger charge is -2.23. The summed E-state index contributed by atoms with van der Waals surface area (Å²) in [6.07, 6.45) is 7.62. The molecule has 0 unspecified atom stereocenters. The first kappa shape index (κ1) is 20.0. The molecule has 1 fully saturated rings. The molecule has 3 heterocycles. The fourth-order valence-electron chi connectivity index (χ4n) is 3.40. The van der Waals surface area contributed by atoms with Crippen molar-refractivity contribution in [2.45, 2.75) is 31.9 Å². The summed E-state index contributed by atoms with van der Waals surface area (Å²) in [5.41, 5.74) is 3.05. The van der Waals surface area contributed by atoms with Gasteiger partial charge < -0.3 is 14.6 Å². The van der Waals surface area contributed by atoms with Crippen molar-refractivity contribution in [2.24, 2.45) is 0 Å². The van der Waals surface area contributed by atoms with E-state index in [1.807, 2.05) is 24.4 Å². The molecule has 0 radical (unpaired) electrons.